The van der Waals surface area contributed by atoms with E-state index in [0.29, 0.717) is 25.0 Å². The number of anilines is 1. The minimum absolute atomic E-state index is 0.0467. The van der Waals surface area contributed by atoms with Crippen molar-refractivity contribution in [2.45, 2.75) is 52.7 Å². The zero-order chi connectivity index (χ0) is 30.4. The Hall–Kier alpha value is -3.00. The molecule has 1 amide bonds. The number of benzene rings is 2. The van der Waals surface area contributed by atoms with Gasteiger partial charge in [-0.15, -0.1) is 0 Å². The number of sulfone groups is 2. The maximum Gasteiger partial charge on any atom is 0.255 e. The fraction of sp³-hybridized carbons (Fsp3) is 0.357. The molecule has 0 aliphatic heterocycles. The molecule has 5 rings (SSSR count). The van der Waals surface area contributed by atoms with Crippen LogP contribution >= 0.6 is 11.6 Å². The molecule has 4 atom stereocenters. The predicted octanol–water partition coefficient (Wildman–Crippen LogP) is 4.96. The SMILES string of the molecule is O=C(Nc1cc(F)c(F)c(F)c1)c1ccc(Cl)c(S(=O)(=O)C2CC3CC[C@@H](C2)C3(O)CCS(=O)(=O)c2cccnc2)c1. The Balaban J connectivity index is 1.33. The number of halogens is 4. The maximum absolute atomic E-state index is 13.8. The van der Waals surface area contributed by atoms with Crippen LogP contribution in [-0.2, 0) is 19.7 Å². The van der Waals surface area contributed by atoms with Crippen molar-refractivity contribution < 1.29 is 39.9 Å². The quantitative estimate of drug-likeness (QED) is 0.332. The van der Waals surface area contributed by atoms with Crippen molar-refractivity contribution in [3.8, 4) is 0 Å². The van der Waals surface area contributed by atoms with Crippen LogP contribution in [0.5, 0.6) is 0 Å². The predicted molar refractivity (Wildman–Crippen MR) is 148 cm³/mol. The summed E-state index contributed by atoms with van der Waals surface area (Å²) in [6.07, 6.45) is 3.85. The molecule has 3 unspecified atom stereocenters. The molecule has 14 heteroatoms. The molecule has 224 valence electrons. The van der Waals surface area contributed by atoms with Crippen LogP contribution in [0, 0.1) is 29.3 Å². The van der Waals surface area contributed by atoms with Gasteiger partial charge >= 0.3 is 0 Å². The van der Waals surface area contributed by atoms with Crippen LogP contribution in [0.2, 0.25) is 5.02 Å². The van der Waals surface area contributed by atoms with Crippen molar-refractivity contribution >= 4 is 42.9 Å². The van der Waals surface area contributed by atoms with Gasteiger partial charge in [-0.3, -0.25) is 9.78 Å². The Morgan fingerprint density at radius 1 is 1.02 bits per heavy atom. The van der Waals surface area contributed by atoms with Gasteiger partial charge in [-0.2, -0.15) is 0 Å². The molecule has 0 saturated heterocycles. The molecule has 2 fully saturated rings. The Kier molecular flexibility index (Phi) is 8.16. The number of carbonyl (C=O) groups is 1. The molecule has 2 bridgehead atoms. The molecule has 1 heterocycles. The van der Waals surface area contributed by atoms with Crippen molar-refractivity contribution in [2.24, 2.45) is 11.8 Å². The molecule has 2 aliphatic rings. The number of amides is 1. The van der Waals surface area contributed by atoms with Gasteiger partial charge in [-0.1, -0.05) is 11.6 Å². The average Bonchev–Trinajstić information content (AvgIpc) is 3.10. The van der Waals surface area contributed by atoms with E-state index in [-0.39, 0.29) is 51.1 Å². The number of hydrogen-bond donors (Lipinski definition) is 2. The highest BCUT2D eigenvalue weighted by Crippen LogP contribution is 2.53. The molecular weight excluding hydrogens is 617 g/mol. The van der Waals surface area contributed by atoms with E-state index >= 15 is 0 Å². The van der Waals surface area contributed by atoms with Crippen molar-refractivity contribution in [3.05, 3.63) is 82.9 Å². The Morgan fingerprint density at radius 2 is 1.67 bits per heavy atom. The van der Waals surface area contributed by atoms with E-state index < -0.39 is 65.7 Å². The molecule has 2 aromatic carbocycles. The fourth-order valence-electron chi connectivity index (χ4n) is 6.09. The van der Waals surface area contributed by atoms with Gasteiger partial charge in [0.1, 0.15) is 0 Å². The monoisotopic (exact) mass is 642 g/mol. The van der Waals surface area contributed by atoms with Crippen LogP contribution in [0.1, 0.15) is 42.5 Å². The first-order chi connectivity index (χ1) is 19.7. The second-order valence-corrected chi connectivity index (χ2v) is 15.4. The maximum atomic E-state index is 13.8. The summed E-state index contributed by atoms with van der Waals surface area (Å²) in [5.41, 5.74) is -1.89. The highest BCUT2D eigenvalue weighted by atomic mass is 35.5. The van der Waals surface area contributed by atoms with Crippen LogP contribution in [0.3, 0.4) is 0 Å². The lowest BCUT2D eigenvalue weighted by Gasteiger charge is -2.42. The molecule has 2 saturated carbocycles. The van der Waals surface area contributed by atoms with Crippen molar-refractivity contribution in [1.82, 2.24) is 4.98 Å². The van der Waals surface area contributed by atoms with Crippen LogP contribution in [0.25, 0.3) is 0 Å². The number of hydrogen-bond acceptors (Lipinski definition) is 7. The van der Waals surface area contributed by atoms with Gasteiger partial charge in [0.05, 0.1) is 31.4 Å². The number of aliphatic hydroxyl groups is 1. The third-order valence-corrected chi connectivity index (χ3v) is 12.7. The molecule has 8 nitrogen and oxygen atoms in total. The minimum Gasteiger partial charge on any atom is -0.389 e. The van der Waals surface area contributed by atoms with Gasteiger partial charge in [-0.25, -0.2) is 30.0 Å². The van der Waals surface area contributed by atoms with Gasteiger partial charge in [-0.05, 0) is 74.3 Å². The van der Waals surface area contributed by atoms with E-state index in [1.54, 1.807) is 0 Å². The first-order valence-corrected chi connectivity index (χ1v) is 16.6. The summed E-state index contributed by atoms with van der Waals surface area (Å²) in [5.74, 6) is -6.86. The summed E-state index contributed by atoms with van der Waals surface area (Å²) in [6.45, 7) is 0. The Labute approximate surface area is 245 Å². The number of aromatic nitrogens is 1. The smallest absolute Gasteiger partial charge is 0.255 e. The highest BCUT2D eigenvalue weighted by Gasteiger charge is 2.55. The molecule has 42 heavy (non-hydrogen) atoms. The molecule has 3 aromatic rings. The van der Waals surface area contributed by atoms with Gasteiger partial charge in [0.25, 0.3) is 5.91 Å². The summed E-state index contributed by atoms with van der Waals surface area (Å²) < 4.78 is 93.5. The van der Waals surface area contributed by atoms with Crippen LogP contribution < -0.4 is 5.32 Å². The number of nitrogens with zero attached hydrogens (tertiary/aromatic N) is 1. The van der Waals surface area contributed by atoms with E-state index in [9.17, 15) is 39.9 Å². The second kappa shape index (κ2) is 11.3. The molecule has 0 radical (unpaired) electrons. The minimum atomic E-state index is -4.12. The van der Waals surface area contributed by atoms with Gasteiger partial charge in [0.2, 0.25) is 0 Å². The van der Waals surface area contributed by atoms with E-state index in [1.807, 2.05) is 0 Å². The summed E-state index contributed by atoms with van der Waals surface area (Å²) in [4.78, 5) is 16.3. The lowest BCUT2D eigenvalue weighted by Crippen LogP contribution is -2.49. The van der Waals surface area contributed by atoms with Crippen molar-refractivity contribution in [1.29, 1.82) is 0 Å². The van der Waals surface area contributed by atoms with E-state index in [1.165, 1.54) is 36.7 Å². The summed E-state index contributed by atoms with van der Waals surface area (Å²) in [7, 11) is -7.83. The van der Waals surface area contributed by atoms with Crippen LogP contribution in [0.15, 0.2) is 64.6 Å². The normalized spacial score (nSPS) is 24.0. The van der Waals surface area contributed by atoms with E-state index in [4.69, 9.17) is 11.6 Å². The summed E-state index contributed by atoms with van der Waals surface area (Å²) in [6, 6.07) is 7.62. The number of pyridine rings is 1. The standard InChI is InChI=1S/C28H26ClF3N2O6S2/c29-22-6-3-16(27(35)34-19-13-23(30)26(32)24(31)14-19)10-25(22)42(39,40)21-11-17-4-5-18(12-21)28(17,36)7-9-41(37,38)20-2-1-8-33-15-20/h1-3,6,8,10,13-15,17-18,21,36H,4-5,7,9,11-12H2,(H,34,35)/t17-,18?,21?,28?/m0/s1. The second-order valence-electron chi connectivity index (χ2n) is 10.7. The van der Waals surface area contributed by atoms with Crippen molar-refractivity contribution in [3.63, 3.8) is 0 Å². The van der Waals surface area contributed by atoms with E-state index in [0.717, 1.165) is 6.07 Å². The number of fused-ring (bicyclic) bond motifs is 2. The van der Waals surface area contributed by atoms with Crippen LogP contribution in [-0.4, -0.2) is 49.4 Å². The largest absolute Gasteiger partial charge is 0.389 e. The van der Waals surface area contributed by atoms with Crippen LogP contribution in [0.4, 0.5) is 18.9 Å². The Bertz CT molecular complexity index is 1720. The zero-order valence-electron chi connectivity index (χ0n) is 21.9. The molecule has 2 N–H and O–H groups in total. The molecule has 0 spiro atoms. The highest BCUT2D eigenvalue weighted by molar-refractivity contribution is 7.92. The van der Waals surface area contributed by atoms with E-state index in [2.05, 4.69) is 10.3 Å². The average molecular weight is 643 g/mol. The number of nitrogens with one attached hydrogen (secondary N) is 1. The Morgan fingerprint density at radius 3 is 2.26 bits per heavy atom. The fourth-order valence-corrected chi connectivity index (χ4v) is 9.83. The van der Waals surface area contributed by atoms with Crippen molar-refractivity contribution in [2.75, 3.05) is 11.1 Å². The molecular formula is C28H26ClF3N2O6S2. The van der Waals surface area contributed by atoms with Gasteiger partial charge < -0.3 is 10.4 Å². The third-order valence-electron chi connectivity index (χ3n) is 8.32. The third kappa shape index (κ3) is 5.67. The summed E-state index contributed by atoms with van der Waals surface area (Å²) in [5, 5.41) is 12.7. The lowest BCUT2D eigenvalue weighted by molar-refractivity contribution is -0.0603. The lowest BCUT2D eigenvalue weighted by atomic mass is 9.73. The molecule has 1 aromatic heterocycles. The molecule has 2 aliphatic carbocycles. The summed E-state index contributed by atoms with van der Waals surface area (Å²) >= 11 is 6.25. The van der Waals surface area contributed by atoms with Gasteiger partial charge in [0, 0.05) is 35.8 Å². The first-order valence-electron chi connectivity index (χ1n) is 13.1. The topological polar surface area (TPSA) is 130 Å². The zero-order valence-corrected chi connectivity index (χ0v) is 24.3. The number of carbonyl (C=O) groups excluding carboxylic acids is 1. The van der Waals surface area contributed by atoms with Gasteiger partial charge in [0.15, 0.2) is 37.1 Å². The first kappa shape index (κ1) is 30.5. The number of rotatable bonds is 8.